The molecule has 0 aliphatic carbocycles. The third kappa shape index (κ3) is 1.86. The van der Waals surface area contributed by atoms with Crippen molar-refractivity contribution in [3.8, 4) is 11.3 Å². The lowest BCUT2D eigenvalue weighted by Crippen LogP contribution is -1.95. The van der Waals surface area contributed by atoms with Gasteiger partial charge in [-0.15, -0.1) is 0 Å². The summed E-state index contributed by atoms with van der Waals surface area (Å²) in [5.41, 5.74) is 5.27. The Morgan fingerprint density at radius 1 is 1.15 bits per heavy atom. The van der Waals surface area contributed by atoms with Crippen molar-refractivity contribution in [2.24, 2.45) is 0 Å². The number of rotatable bonds is 2. The highest BCUT2D eigenvalue weighted by Crippen LogP contribution is 2.31. The average molecular weight is 266 g/mol. The van der Waals surface area contributed by atoms with Crippen molar-refractivity contribution < 1.29 is 9.90 Å². The Morgan fingerprint density at radius 2 is 1.85 bits per heavy atom. The average Bonchev–Trinajstić information content (AvgIpc) is 2.81. The second-order valence-corrected chi connectivity index (χ2v) is 4.90. The molecule has 0 unspecified atom stereocenters. The van der Waals surface area contributed by atoms with E-state index in [0.717, 1.165) is 33.3 Å². The maximum absolute atomic E-state index is 11.0. The molecule has 0 spiro atoms. The van der Waals surface area contributed by atoms with E-state index in [1.165, 1.54) is 0 Å². The minimum Gasteiger partial charge on any atom is -0.478 e. The van der Waals surface area contributed by atoms with E-state index < -0.39 is 5.97 Å². The Labute approximate surface area is 116 Å². The van der Waals surface area contributed by atoms with Gasteiger partial charge in [-0.1, -0.05) is 18.2 Å². The summed E-state index contributed by atoms with van der Waals surface area (Å²) in [6.07, 6.45) is 0. The van der Waals surface area contributed by atoms with E-state index >= 15 is 0 Å². The SMILES string of the molecule is Cc1cccc(C)c1-c1n[nH]c2cc(C(=O)O)ccc12. The van der Waals surface area contributed by atoms with Gasteiger partial charge in [0.25, 0.3) is 0 Å². The molecular weight excluding hydrogens is 252 g/mol. The molecule has 0 saturated heterocycles. The Bertz CT molecular complexity index is 798. The van der Waals surface area contributed by atoms with E-state index in [-0.39, 0.29) is 5.56 Å². The number of nitrogens with zero attached hydrogens (tertiary/aromatic N) is 1. The summed E-state index contributed by atoms with van der Waals surface area (Å²) in [6.45, 7) is 4.10. The van der Waals surface area contributed by atoms with Gasteiger partial charge in [0.2, 0.25) is 0 Å². The van der Waals surface area contributed by atoms with E-state index in [9.17, 15) is 4.79 Å². The topological polar surface area (TPSA) is 66.0 Å². The van der Waals surface area contributed by atoms with Crippen LogP contribution in [0.4, 0.5) is 0 Å². The van der Waals surface area contributed by atoms with Crippen molar-refractivity contribution in [2.45, 2.75) is 13.8 Å². The van der Waals surface area contributed by atoms with Gasteiger partial charge >= 0.3 is 5.97 Å². The van der Waals surface area contributed by atoms with Crippen LogP contribution >= 0.6 is 0 Å². The lowest BCUT2D eigenvalue weighted by molar-refractivity contribution is 0.0697. The second kappa shape index (κ2) is 4.49. The third-order valence-corrected chi connectivity index (χ3v) is 3.53. The smallest absolute Gasteiger partial charge is 0.335 e. The zero-order valence-electron chi connectivity index (χ0n) is 11.3. The summed E-state index contributed by atoms with van der Waals surface area (Å²) in [4.78, 5) is 11.0. The van der Waals surface area contributed by atoms with Gasteiger partial charge in [0.05, 0.1) is 11.1 Å². The van der Waals surface area contributed by atoms with Gasteiger partial charge in [-0.05, 0) is 43.2 Å². The number of fused-ring (bicyclic) bond motifs is 1. The first kappa shape index (κ1) is 12.4. The van der Waals surface area contributed by atoms with Crippen LogP contribution in [0.2, 0.25) is 0 Å². The maximum Gasteiger partial charge on any atom is 0.335 e. The first-order chi connectivity index (χ1) is 9.58. The Morgan fingerprint density at radius 3 is 2.50 bits per heavy atom. The van der Waals surface area contributed by atoms with Crippen molar-refractivity contribution >= 4 is 16.9 Å². The van der Waals surface area contributed by atoms with Crippen molar-refractivity contribution in [1.29, 1.82) is 0 Å². The lowest BCUT2D eigenvalue weighted by atomic mass is 9.97. The van der Waals surface area contributed by atoms with Gasteiger partial charge in [0.1, 0.15) is 5.69 Å². The molecule has 0 saturated carbocycles. The van der Waals surface area contributed by atoms with E-state index in [2.05, 4.69) is 36.2 Å². The first-order valence-electron chi connectivity index (χ1n) is 6.36. The molecule has 0 aliphatic heterocycles. The number of carboxylic acid groups (broad SMARTS) is 1. The molecule has 0 aliphatic rings. The third-order valence-electron chi connectivity index (χ3n) is 3.53. The maximum atomic E-state index is 11.0. The van der Waals surface area contributed by atoms with Crippen LogP contribution in [-0.2, 0) is 0 Å². The van der Waals surface area contributed by atoms with Crippen LogP contribution in [0.25, 0.3) is 22.2 Å². The number of benzene rings is 2. The van der Waals surface area contributed by atoms with E-state index in [0.29, 0.717) is 0 Å². The lowest BCUT2D eigenvalue weighted by Gasteiger charge is -2.07. The monoisotopic (exact) mass is 266 g/mol. The fraction of sp³-hybridized carbons (Fsp3) is 0.125. The standard InChI is InChI=1S/C16H14N2O2/c1-9-4-3-5-10(2)14(9)15-12-7-6-11(16(19)20)8-13(12)17-18-15/h3-8H,1-2H3,(H,17,18)(H,19,20). The highest BCUT2D eigenvalue weighted by Gasteiger charge is 2.14. The zero-order valence-corrected chi connectivity index (χ0v) is 11.3. The number of carbonyl (C=O) groups is 1. The van der Waals surface area contributed by atoms with Gasteiger partial charge in [-0.3, -0.25) is 5.10 Å². The van der Waals surface area contributed by atoms with Gasteiger partial charge < -0.3 is 5.11 Å². The number of carboxylic acids is 1. The Balaban J connectivity index is 2.26. The molecule has 0 radical (unpaired) electrons. The fourth-order valence-electron chi connectivity index (χ4n) is 2.53. The number of hydrogen-bond donors (Lipinski definition) is 2. The van der Waals surface area contributed by atoms with Crippen LogP contribution in [0, 0.1) is 13.8 Å². The van der Waals surface area contributed by atoms with Gasteiger partial charge in [0, 0.05) is 10.9 Å². The number of aromatic carboxylic acids is 1. The van der Waals surface area contributed by atoms with Crippen molar-refractivity contribution in [2.75, 3.05) is 0 Å². The summed E-state index contributed by atoms with van der Waals surface area (Å²) in [6, 6.07) is 11.1. The molecule has 1 aromatic heterocycles. The number of aromatic nitrogens is 2. The molecule has 4 heteroatoms. The normalized spacial score (nSPS) is 10.9. The van der Waals surface area contributed by atoms with Crippen LogP contribution in [0.15, 0.2) is 36.4 Å². The van der Waals surface area contributed by atoms with Crippen molar-refractivity contribution in [1.82, 2.24) is 10.2 Å². The molecule has 0 atom stereocenters. The number of nitrogens with one attached hydrogen (secondary N) is 1. The summed E-state index contributed by atoms with van der Waals surface area (Å²) in [7, 11) is 0. The van der Waals surface area contributed by atoms with Crippen LogP contribution < -0.4 is 0 Å². The van der Waals surface area contributed by atoms with Crippen LogP contribution in [-0.4, -0.2) is 21.3 Å². The summed E-state index contributed by atoms with van der Waals surface area (Å²) >= 11 is 0. The van der Waals surface area contributed by atoms with Gasteiger partial charge in [-0.25, -0.2) is 4.79 Å². The molecule has 0 bridgehead atoms. The first-order valence-corrected chi connectivity index (χ1v) is 6.36. The minimum absolute atomic E-state index is 0.259. The zero-order chi connectivity index (χ0) is 14.3. The van der Waals surface area contributed by atoms with E-state index in [4.69, 9.17) is 5.11 Å². The van der Waals surface area contributed by atoms with E-state index in [1.54, 1.807) is 12.1 Å². The molecule has 3 rings (SSSR count). The highest BCUT2D eigenvalue weighted by atomic mass is 16.4. The predicted octanol–water partition coefficient (Wildman–Crippen LogP) is 3.54. The van der Waals surface area contributed by atoms with Gasteiger partial charge in [0.15, 0.2) is 0 Å². The van der Waals surface area contributed by atoms with Crippen LogP contribution in [0.3, 0.4) is 0 Å². The molecular formula is C16H14N2O2. The minimum atomic E-state index is -0.935. The quantitative estimate of drug-likeness (QED) is 0.745. The Hall–Kier alpha value is -2.62. The van der Waals surface area contributed by atoms with Crippen molar-refractivity contribution in [3.05, 3.63) is 53.1 Å². The van der Waals surface area contributed by atoms with E-state index in [1.807, 2.05) is 12.1 Å². The Kier molecular flexibility index (Phi) is 2.79. The molecule has 20 heavy (non-hydrogen) atoms. The highest BCUT2D eigenvalue weighted by molar-refractivity contribution is 5.98. The number of H-pyrrole nitrogens is 1. The molecule has 4 nitrogen and oxygen atoms in total. The van der Waals surface area contributed by atoms with Crippen LogP contribution in [0.1, 0.15) is 21.5 Å². The predicted molar refractivity (Wildman–Crippen MR) is 78.0 cm³/mol. The molecule has 2 N–H and O–H groups in total. The van der Waals surface area contributed by atoms with Crippen molar-refractivity contribution in [3.63, 3.8) is 0 Å². The number of hydrogen-bond acceptors (Lipinski definition) is 2. The molecule has 100 valence electrons. The molecule has 2 aromatic carbocycles. The van der Waals surface area contributed by atoms with Crippen LogP contribution in [0.5, 0.6) is 0 Å². The largest absolute Gasteiger partial charge is 0.478 e. The van der Waals surface area contributed by atoms with Gasteiger partial charge in [-0.2, -0.15) is 5.10 Å². The summed E-state index contributed by atoms with van der Waals surface area (Å²) in [5.74, 6) is -0.935. The molecule has 0 fully saturated rings. The number of aromatic amines is 1. The number of aryl methyl sites for hydroxylation is 2. The molecule has 1 heterocycles. The molecule has 0 amide bonds. The fourth-order valence-corrected chi connectivity index (χ4v) is 2.53. The summed E-state index contributed by atoms with van der Waals surface area (Å²) in [5, 5.41) is 17.3. The molecule has 3 aromatic rings. The summed E-state index contributed by atoms with van der Waals surface area (Å²) < 4.78 is 0. The second-order valence-electron chi connectivity index (χ2n) is 4.90.